The molecule has 2 N–H and O–H groups in total. The maximum Gasteiger partial charge on any atom is 0.223 e. The van der Waals surface area contributed by atoms with Gasteiger partial charge >= 0.3 is 0 Å². The molecule has 0 saturated carbocycles. The molecular formula is C15H20F2N2O. The van der Waals surface area contributed by atoms with Crippen LogP contribution < -0.4 is 5.73 Å². The highest BCUT2D eigenvalue weighted by molar-refractivity contribution is 5.77. The van der Waals surface area contributed by atoms with Crippen LogP contribution in [0.2, 0.25) is 0 Å². The van der Waals surface area contributed by atoms with Crippen molar-refractivity contribution in [2.45, 2.75) is 38.1 Å². The summed E-state index contributed by atoms with van der Waals surface area (Å²) in [6.07, 6.45) is 3.41. The fourth-order valence-electron chi connectivity index (χ4n) is 2.69. The van der Waals surface area contributed by atoms with E-state index in [1.807, 2.05) is 0 Å². The summed E-state index contributed by atoms with van der Waals surface area (Å²) in [6.45, 7) is 1.17. The number of benzene rings is 1. The third-order valence-electron chi connectivity index (χ3n) is 3.84. The van der Waals surface area contributed by atoms with Crippen molar-refractivity contribution in [1.29, 1.82) is 0 Å². The Bertz CT molecular complexity index is 479. The quantitative estimate of drug-likeness (QED) is 0.920. The molecule has 1 saturated heterocycles. The molecule has 1 aliphatic heterocycles. The molecule has 1 heterocycles. The SMILES string of the molecule is NC[C@@H]1CCCCN1C(=O)CCc1cc(F)ccc1F. The molecule has 1 atom stereocenters. The van der Waals surface area contributed by atoms with Crippen LogP contribution in [0.15, 0.2) is 18.2 Å². The first-order valence-electron chi connectivity index (χ1n) is 7.05. The average Bonchev–Trinajstić information content (AvgIpc) is 2.47. The molecule has 1 aromatic carbocycles. The number of hydrogen-bond acceptors (Lipinski definition) is 2. The maximum absolute atomic E-state index is 13.5. The zero-order valence-electron chi connectivity index (χ0n) is 11.4. The van der Waals surface area contributed by atoms with E-state index in [-0.39, 0.29) is 30.4 Å². The molecule has 3 nitrogen and oxygen atoms in total. The zero-order chi connectivity index (χ0) is 14.5. The minimum atomic E-state index is -0.480. The molecule has 1 aliphatic rings. The fraction of sp³-hybridized carbons (Fsp3) is 0.533. The lowest BCUT2D eigenvalue weighted by Crippen LogP contribution is -2.47. The van der Waals surface area contributed by atoms with Crippen molar-refractivity contribution in [2.75, 3.05) is 13.1 Å². The smallest absolute Gasteiger partial charge is 0.223 e. The number of halogens is 2. The first-order valence-corrected chi connectivity index (χ1v) is 7.05. The zero-order valence-corrected chi connectivity index (χ0v) is 11.4. The molecule has 5 heteroatoms. The number of carbonyl (C=O) groups is 1. The Hall–Kier alpha value is -1.49. The molecule has 2 rings (SSSR count). The Morgan fingerprint density at radius 1 is 1.35 bits per heavy atom. The topological polar surface area (TPSA) is 46.3 Å². The van der Waals surface area contributed by atoms with Gasteiger partial charge < -0.3 is 10.6 Å². The van der Waals surface area contributed by atoms with Gasteiger partial charge in [-0.3, -0.25) is 4.79 Å². The van der Waals surface area contributed by atoms with E-state index in [1.165, 1.54) is 0 Å². The number of piperidine rings is 1. The second-order valence-corrected chi connectivity index (χ2v) is 5.21. The van der Waals surface area contributed by atoms with Gasteiger partial charge in [0.05, 0.1) is 0 Å². The van der Waals surface area contributed by atoms with Crippen LogP contribution in [0.3, 0.4) is 0 Å². The van der Waals surface area contributed by atoms with Crippen molar-refractivity contribution < 1.29 is 13.6 Å². The minimum Gasteiger partial charge on any atom is -0.338 e. The van der Waals surface area contributed by atoms with Gasteiger partial charge in [0, 0.05) is 25.6 Å². The Labute approximate surface area is 117 Å². The average molecular weight is 282 g/mol. The molecule has 0 bridgehead atoms. The second-order valence-electron chi connectivity index (χ2n) is 5.21. The van der Waals surface area contributed by atoms with Crippen molar-refractivity contribution >= 4 is 5.91 Å². The molecule has 0 unspecified atom stereocenters. The standard InChI is InChI=1S/C15H20F2N2O/c16-12-5-6-14(17)11(9-12)4-7-15(20)19-8-2-1-3-13(19)10-18/h5-6,9,13H,1-4,7-8,10,18H2/t13-/m0/s1. The van der Waals surface area contributed by atoms with Crippen LogP contribution in [0.4, 0.5) is 8.78 Å². The summed E-state index contributed by atoms with van der Waals surface area (Å²) in [5.41, 5.74) is 5.93. The van der Waals surface area contributed by atoms with Gasteiger partial charge in [-0.1, -0.05) is 0 Å². The van der Waals surface area contributed by atoms with Crippen LogP contribution in [0, 0.1) is 11.6 Å². The molecule has 0 radical (unpaired) electrons. The number of amides is 1. The molecule has 110 valence electrons. The first-order chi connectivity index (χ1) is 9.61. The fourth-order valence-corrected chi connectivity index (χ4v) is 2.69. The molecule has 0 spiro atoms. The Morgan fingerprint density at radius 3 is 2.90 bits per heavy atom. The van der Waals surface area contributed by atoms with E-state index in [0.717, 1.165) is 37.5 Å². The molecule has 20 heavy (non-hydrogen) atoms. The van der Waals surface area contributed by atoms with E-state index >= 15 is 0 Å². The Morgan fingerprint density at radius 2 is 2.15 bits per heavy atom. The summed E-state index contributed by atoms with van der Waals surface area (Å²) in [4.78, 5) is 14.0. The molecule has 0 aromatic heterocycles. The largest absolute Gasteiger partial charge is 0.338 e. The maximum atomic E-state index is 13.5. The van der Waals surface area contributed by atoms with E-state index in [0.29, 0.717) is 13.1 Å². The predicted octanol–water partition coefficient (Wildman–Crippen LogP) is 2.24. The lowest BCUT2D eigenvalue weighted by molar-refractivity contribution is -0.134. The number of carbonyl (C=O) groups excluding carboxylic acids is 1. The molecular weight excluding hydrogens is 262 g/mol. The predicted molar refractivity (Wildman–Crippen MR) is 73.1 cm³/mol. The van der Waals surface area contributed by atoms with Gasteiger partial charge in [0.1, 0.15) is 11.6 Å². The van der Waals surface area contributed by atoms with E-state index in [9.17, 15) is 13.6 Å². The second kappa shape index (κ2) is 6.79. The number of aryl methyl sites for hydroxylation is 1. The van der Waals surface area contributed by atoms with E-state index in [4.69, 9.17) is 5.73 Å². The van der Waals surface area contributed by atoms with E-state index in [2.05, 4.69) is 0 Å². The Kier molecular flexibility index (Phi) is 5.06. The number of rotatable bonds is 4. The Balaban J connectivity index is 1.95. The summed E-state index contributed by atoms with van der Waals surface area (Å²) >= 11 is 0. The van der Waals surface area contributed by atoms with Gasteiger partial charge in [0.2, 0.25) is 5.91 Å². The van der Waals surface area contributed by atoms with Crippen LogP contribution >= 0.6 is 0 Å². The molecule has 1 aromatic rings. The molecule has 1 amide bonds. The van der Waals surface area contributed by atoms with Crippen LogP contribution in [0.1, 0.15) is 31.2 Å². The summed E-state index contributed by atoms with van der Waals surface area (Å²) in [7, 11) is 0. The number of hydrogen-bond donors (Lipinski definition) is 1. The van der Waals surface area contributed by atoms with Gasteiger partial charge in [-0.2, -0.15) is 0 Å². The van der Waals surface area contributed by atoms with Gasteiger partial charge in [-0.05, 0) is 49.4 Å². The first kappa shape index (κ1) is 14.9. The van der Waals surface area contributed by atoms with E-state index in [1.54, 1.807) is 4.90 Å². The van der Waals surface area contributed by atoms with Gasteiger partial charge in [-0.25, -0.2) is 8.78 Å². The minimum absolute atomic E-state index is 0.0242. The highest BCUT2D eigenvalue weighted by Gasteiger charge is 2.25. The van der Waals surface area contributed by atoms with Crippen molar-refractivity contribution in [3.05, 3.63) is 35.4 Å². The van der Waals surface area contributed by atoms with Crippen LogP contribution in [0.5, 0.6) is 0 Å². The highest BCUT2D eigenvalue weighted by Crippen LogP contribution is 2.18. The number of nitrogens with two attached hydrogens (primary N) is 1. The molecule has 0 aliphatic carbocycles. The lowest BCUT2D eigenvalue weighted by Gasteiger charge is -2.35. The third kappa shape index (κ3) is 3.54. The van der Waals surface area contributed by atoms with Gasteiger partial charge in [0.15, 0.2) is 0 Å². The summed E-state index contributed by atoms with van der Waals surface area (Å²) in [6, 6.07) is 3.42. The van der Waals surface area contributed by atoms with Crippen LogP contribution in [-0.2, 0) is 11.2 Å². The number of likely N-dealkylation sites (tertiary alicyclic amines) is 1. The van der Waals surface area contributed by atoms with Crippen LogP contribution in [-0.4, -0.2) is 29.9 Å². The normalized spacial score (nSPS) is 19.1. The van der Waals surface area contributed by atoms with Crippen molar-refractivity contribution in [3.8, 4) is 0 Å². The monoisotopic (exact) mass is 282 g/mol. The number of nitrogens with zero attached hydrogens (tertiary/aromatic N) is 1. The summed E-state index contributed by atoms with van der Waals surface area (Å²) in [5, 5.41) is 0. The van der Waals surface area contributed by atoms with Crippen molar-refractivity contribution in [3.63, 3.8) is 0 Å². The van der Waals surface area contributed by atoms with Gasteiger partial charge in [-0.15, -0.1) is 0 Å². The molecule has 1 fully saturated rings. The third-order valence-corrected chi connectivity index (χ3v) is 3.84. The van der Waals surface area contributed by atoms with Crippen molar-refractivity contribution in [2.24, 2.45) is 5.73 Å². The summed E-state index contributed by atoms with van der Waals surface area (Å²) in [5.74, 6) is -0.969. The van der Waals surface area contributed by atoms with Gasteiger partial charge in [0.25, 0.3) is 0 Å². The van der Waals surface area contributed by atoms with Crippen molar-refractivity contribution in [1.82, 2.24) is 4.90 Å². The summed E-state index contributed by atoms with van der Waals surface area (Å²) < 4.78 is 26.6. The highest BCUT2D eigenvalue weighted by atomic mass is 19.1. The lowest BCUT2D eigenvalue weighted by atomic mass is 10.0. The van der Waals surface area contributed by atoms with Crippen LogP contribution in [0.25, 0.3) is 0 Å². The van der Waals surface area contributed by atoms with E-state index < -0.39 is 11.6 Å².